The van der Waals surface area contributed by atoms with E-state index in [0.717, 1.165) is 29.5 Å². The molecule has 43 heavy (non-hydrogen) atoms. The zero-order chi connectivity index (χ0) is 29.6. The summed E-state index contributed by atoms with van der Waals surface area (Å²) in [5.74, 6) is 0.184. The van der Waals surface area contributed by atoms with E-state index in [0.29, 0.717) is 36.1 Å². The molecule has 1 aliphatic carbocycles. The van der Waals surface area contributed by atoms with Crippen LogP contribution in [0.4, 0.5) is 4.79 Å². The summed E-state index contributed by atoms with van der Waals surface area (Å²) in [5, 5.41) is 6.44. The molecule has 3 aromatic carbocycles. The van der Waals surface area contributed by atoms with E-state index >= 15 is 0 Å². The van der Waals surface area contributed by atoms with Crippen LogP contribution < -0.4 is 15.5 Å². The Hall–Kier alpha value is -4.70. The van der Waals surface area contributed by atoms with Crippen molar-refractivity contribution in [1.29, 1.82) is 0 Å². The van der Waals surface area contributed by atoms with E-state index in [1.54, 1.807) is 5.38 Å². The first kappa shape index (κ1) is 28.4. The van der Waals surface area contributed by atoms with Crippen molar-refractivity contribution in [1.82, 2.24) is 20.7 Å². The number of rotatable bonds is 11. The first-order valence-corrected chi connectivity index (χ1v) is 15.2. The standard InChI is InChI=1S/C33H32N4O5S/c38-29(27-22-43-30(34-27)26-13-7-8-14-28(26)41-20-24-9-3-1-4-10-24)36-37-18-17-33(31(37)39,19-23-15-16-23)35-32(40)42-21-25-11-5-2-6-12-25/h1-14,22-23H,15-21H2,(H,35,40)(H,36,38)/t33-/m0/s1. The van der Waals surface area contributed by atoms with E-state index in [4.69, 9.17) is 9.47 Å². The van der Waals surface area contributed by atoms with Crippen LogP contribution in [-0.4, -0.2) is 40.0 Å². The van der Waals surface area contributed by atoms with Crippen LogP contribution in [0.5, 0.6) is 5.75 Å². The third-order valence-corrected chi connectivity index (χ3v) is 8.51. The summed E-state index contributed by atoms with van der Waals surface area (Å²) in [6, 6.07) is 26.8. The van der Waals surface area contributed by atoms with Crippen LogP contribution in [0.25, 0.3) is 10.6 Å². The van der Waals surface area contributed by atoms with Gasteiger partial charge in [-0.1, -0.05) is 85.6 Å². The number of benzene rings is 3. The molecule has 6 rings (SSSR count). The van der Waals surface area contributed by atoms with Crippen molar-refractivity contribution >= 4 is 29.2 Å². The molecule has 0 radical (unpaired) electrons. The van der Waals surface area contributed by atoms with Gasteiger partial charge in [0.2, 0.25) is 0 Å². The lowest BCUT2D eigenvalue weighted by Crippen LogP contribution is -2.57. The number of carbonyl (C=O) groups excluding carboxylic acids is 3. The van der Waals surface area contributed by atoms with Gasteiger partial charge in [0.1, 0.15) is 35.2 Å². The largest absolute Gasteiger partial charge is 0.488 e. The summed E-state index contributed by atoms with van der Waals surface area (Å²) >= 11 is 1.33. The molecule has 10 heteroatoms. The molecular formula is C33H32N4O5S. The van der Waals surface area contributed by atoms with E-state index in [2.05, 4.69) is 15.7 Å². The number of ether oxygens (including phenoxy) is 2. The Labute approximate surface area is 253 Å². The van der Waals surface area contributed by atoms with Gasteiger partial charge in [-0.3, -0.25) is 20.0 Å². The Morgan fingerprint density at radius 2 is 1.60 bits per heavy atom. The molecule has 220 valence electrons. The van der Waals surface area contributed by atoms with Gasteiger partial charge in [-0.2, -0.15) is 0 Å². The zero-order valence-electron chi connectivity index (χ0n) is 23.5. The zero-order valence-corrected chi connectivity index (χ0v) is 24.3. The van der Waals surface area contributed by atoms with Gasteiger partial charge in [0.25, 0.3) is 11.8 Å². The molecule has 2 heterocycles. The number of amides is 3. The molecule has 2 aliphatic rings. The number of hydrogen-bond acceptors (Lipinski definition) is 7. The van der Waals surface area contributed by atoms with Gasteiger partial charge in [0, 0.05) is 11.9 Å². The monoisotopic (exact) mass is 596 g/mol. The maximum Gasteiger partial charge on any atom is 0.408 e. The van der Waals surface area contributed by atoms with Crippen molar-refractivity contribution in [2.75, 3.05) is 6.54 Å². The van der Waals surface area contributed by atoms with Crippen molar-refractivity contribution in [3.63, 3.8) is 0 Å². The van der Waals surface area contributed by atoms with Crippen molar-refractivity contribution in [2.45, 2.75) is 44.4 Å². The van der Waals surface area contributed by atoms with Crippen LogP contribution >= 0.6 is 11.3 Å². The van der Waals surface area contributed by atoms with Crippen LogP contribution in [0.1, 0.15) is 47.3 Å². The van der Waals surface area contributed by atoms with Crippen LogP contribution in [0.15, 0.2) is 90.3 Å². The summed E-state index contributed by atoms with van der Waals surface area (Å²) in [5.41, 5.74) is 4.47. The van der Waals surface area contributed by atoms with Gasteiger partial charge in [-0.25, -0.2) is 9.78 Å². The van der Waals surface area contributed by atoms with Crippen LogP contribution in [-0.2, 0) is 22.7 Å². The Morgan fingerprint density at radius 1 is 0.930 bits per heavy atom. The summed E-state index contributed by atoms with van der Waals surface area (Å²) in [6.07, 6.45) is 2.26. The Morgan fingerprint density at radius 3 is 2.33 bits per heavy atom. The van der Waals surface area contributed by atoms with Gasteiger partial charge < -0.3 is 14.8 Å². The lowest BCUT2D eigenvalue weighted by Gasteiger charge is -2.28. The molecule has 1 aromatic heterocycles. The molecule has 2 N–H and O–H groups in total. The molecule has 0 unspecified atom stereocenters. The number of para-hydroxylation sites is 1. The van der Waals surface area contributed by atoms with E-state index in [1.807, 2.05) is 84.9 Å². The molecule has 1 saturated carbocycles. The first-order chi connectivity index (χ1) is 21.0. The molecule has 0 bridgehead atoms. The van der Waals surface area contributed by atoms with Gasteiger partial charge in [-0.15, -0.1) is 11.3 Å². The predicted octanol–water partition coefficient (Wildman–Crippen LogP) is 5.73. The maximum atomic E-state index is 13.6. The fraction of sp³-hybridized carbons (Fsp3) is 0.273. The summed E-state index contributed by atoms with van der Waals surface area (Å²) in [6.45, 7) is 0.779. The highest BCUT2D eigenvalue weighted by Gasteiger charge is 2.51. The number of hydrazine groups is 1. The Kier molecular flexibility index (Phi) is 8.37. The van der Waals surface area contributed by atoms with E-state index in [1.165, 1.54) is 16.3 Å². The molecule has 1 atom stereocenters. The van der Waals surface area contributed by atoms with E-state index in [-0.39, 0.29) is 24.8 Å². The number of thiazole rings is 1. The average molecular weight is 597 g/mol. The number of hydrogen-bond donors (Lipinski definition) is 2. The normalized spacial score (nSPS) is 17.9. The summed E-state index contributed by atoms with van der Waals surface area (Å²) < 4.78 is 11.5. The molecule has 9 nitrogen and oxygen atoms in total. The number of nitrogens with zero attached hydrogens (tertiary/aromatic N) is 2. The number of alkyl carbamates (subject to hydrolysis) is 1. The molecule has 4 aromatic rings. The Balaban J connectivity index is 1.10. The van der Waals surface area contributed by atoms with Gasteiger partial charge in [-0.05, 0) is 42.0 Å². The third-order valence-electron chi connectivity index (χ3n) is 7.63. The highest BCUT2D eigenvalue weighted by molar-refractivity contribution is 7.13. The minimum absolute atomic E-state index is 0.105. The van der Waals surface area contributed by atoms with Crippen molar-refractivity contribution < 1.29 is 23.9 Å². The summed E-state index contributed by atoms with van der Waals surface area (Å²) in [4.78, 5) is 44.2. The fourth-order valence-corrected chi connectivity index (χ4v) is 6.02. The second-order valence-corrected chi connectivity index (χ2v) is 11.7. The minimum Gasteiger partial charge on any atom is -0.488 e. The highest BCUT2D eigenvalue weighted by Crippen LogP contribution is 2.40. The number of nitrogens with one attached hydrogen (secondary N) is 2. The van der Waals surface area contributed by atoms with Crippen molar-refractivity contribution in [3.05, 3.63) is 107 Å². The van der Waals surface area contributed by atoms with Crippen molar-refractivity contribution in [3.8, 4) is 16.3 Å². The van der Waals surface area contributed by atoms with Gasteiger partial charge in [0.05, 0.1) is 5.56 Å². The lowest BCUT2D eigenvalue weighted by atomic mass is 9.91. The van der Waals surface area contributed by atoms with E-state index < -0.39 is 17.5 Å². The molecule has 3 amide bonds. The molecule has 2 fully saturated rings. The predicted molar refractivity (Wildman–Crippen MR) is 162 cm³/mol. The smallest absolute Gasteiger partial charge is 0.408 e. The molecule has 0 spiro atoms. The lowest BCUT2D eigenvalue weighted by molar-refractivity contribution is -0.135. The quantitative estimate of drug-likeness (QED) is 0.229. The Bertz CT molecular complexity index is 1590. The molecule has 1 saturated heterocycles. The third kappa shape index (κ3) is 6.86. The average Bonchev–Trinajstić information content (AvgIpc) is 3.62. The maximum absolute atomic E-state index is 13.6. The number of carbonyl (C=O) groups is 3. The van der Waals surface area contributed by atoms with Gasteiger partial charge in [0.15, 0.2) is 0 Å². The molecular weight excluding hydrogens is 564 g/mol. The minimum atomic E-state index is -1.12. The second-order valence-electron chi connectivity index (χ2n) is 10.9. The fourth-order valence-electron chi connectivity index (χ4n) is 5.19. The van der Waals surface area contributed by atoms with E-state index in [9.17, 15) is 14.4 Å². The van der Waals surface area contributed by atoms with Crippen LogP contribution in [0.2, 0.25) is 0 Å². The highest BCUT2D eigenvalue weighted by atomic mass is 32.1. The van der Waals surface area contributed by atoms with Gasteiger partial charge >= 0.3 is 6.09 Å². The number of aromatic nitrogens is 1. The first-order valence-electron chi connectivity index (χ1n) is 14.3. The van der Waals surface area contributed by atoms with Crippen LogP contribution in [0, 0.1) is 5.92 Å². The SMILES string of the molecule is O=C(N[C@]1(CC2CC2)CCN(NC(=O)c2csc(-c3ccccc3OCc3ccccc3)n2)C1=O)OCc1ccccc1. The summed E-state index contributed by atoms with van der Waals surface area (Å²) in [7, 11) is 0. The van der Waals surface area contributed by atoms with Crippen molar-refractivity contribution in [2.24, 2.45) is 5.92 Å². The molecule has 1 aliphatic heterocycles. The second kappa shape index (κ2) is 12.7. The topological polar surface area (TPSA) is 110 Å². The van der Waals surface area contributed by atoms with Crippen LogP contribution in [0.3, 0.4) is 0 Å².